The first-order chi connectivity index (χ1) is 9.96. The summed E-state index contributed by atoms with van der Waals surface area (Å²) in [5.41, 5.74) is -0.446. The van der Waals surface area contributed by atoms with Gasteiger partial charge in [-0.15, -0.1) is 0 Å². The van der Waals surface area contributed by atoms with Crippen molar-refractivity contribution >= 4 is 17.7 Å². The van der Waals surface area contributed by atoms with E-state index in [1.807, 2.05) is 0 Å². The van der Waals surface area contributed by atoms with Crippen LogP contribution in [0.2, 0.25) is 0 Å². The van der Waals surface area contributed by atoms with Gasteiger partial charge < -0.3 is 10.1 Å². The van der Waals surface area contributed by atoms with Gasteiger partial charge in [0.05, 0.1) is 0 Å². The van der Waals surface area contributed by atoms with Crippen molar-refractivity contribution in [2.45, 2.75) is 32.5 Å². The zero-order chi connectivity index (χ0) is 17.0. The number of nitrogens with one attached hydrogen (secondary N) is 2. The Labute approximate surface area is 125 Å². The average Bonchev–Trinajstić information content (AvgIpc) is 2.33. The minimum atomic E-state index is -4.48. The summed E-state index contributed by atoms with van der Waals surface area (Å²) in [5.74, 6) is -0.884. The first-order valence-electron chi connectivity index (χ1n) is 6.41. The van der Waals surface area contributed by atoms with E-state index in [1.54, 1.807) is 26.1 Å². The van der Waals surface area contributed by atoms with Crippen LogP contribution >= 0.6 is 0 Å². The average molecular weight is 318 g/mol. The van der Waals surface area contributed by atoms with E-state index in [-0.39, 0.29) is 11.3 Å². The summed E-state index contributed by atoms with van der Waals surface area (Å²) in [4.78, 5) is 23.2. The third-order valence-corrected chi connectivity index (χ3v) is 2.22. The van der Waals surface area contributed by atoms with Crippen molar-refractivity contribution in [3.63, 3.8) is 0 Å². The van der Waals surface area contributed by atoms with Crippen molar-refractivity contribution in [1.82, 2.24) is 5.32 Å². The molecule has 22 heavy (non-hydrogen) atoms. The molecule has 1 aromatic carbocycles. The molecular weight excluding hydrogens is 301 g/mol. The highest BCUT2D eigenvalue weighted by atomic mass is 19.4. The summed E-state index contributed by atoms with van der Waals surface area (Å²) in [7, 11) is 0. The maximum atomic E-state index is 12.1. The lowest BCUT2D eigenvalue weighted by molar-refractivity contribution is -0.123. The minimum absolute atomic E-state index is 0.00203. The number of carbonyl (C=O) groups excluding carboxylic acids is 2. The van der Waals surface area contributed by atoms with Crippen LogP contribution in [0.4, 0.5) is 23.7 Å². The monoisotopic (exact) mass is 318 g/mol. The lowest BCUT2D eigenvalue weighted by atomic mass is 10.2. The zero-order valence-electron chi connectivity index (χ0n) is 12.4. The molecule has 2 amide bonds. The van der Waals surface area contributed by atoms with Crippen molar-refractivity contribution in [3.05, 3.63) is 29.8 Å². The fourth-order valence-corrected chi connectivity index (χ4v) is 1.44. The van der Waals surface area contributed by atoms with E-state index in [2.05, 4.69) is 5.32 Å². The van der Waals surface area contributed by atoms with Crippen LogP contribution < -0.4 is 10.6 Å². The summed E-state index contributed by atoms with van der Waals surface area (Å²) >= 11 is 0. The van der Waals surface area contributed by atoms with Crippen molar-refractivity contribution in [2.24, 2.45) is 0 Å². The van der Waals surface area contributed by atoms with Crippen LogP contribution in [0.15, 0.2) is 24.3 Å². The molecular formula is C14H17F3N2O3. The van der Waals surface area contributed by atoms with Crippen LogP contribution in [-0.4, -0.2) is 30.3 Å². The molecule has 0 unspecified atom stereocenters. The summed E-state index contributed by atoms with van der Waals surface area (Å²) < 4.78 is 41.2. The Hall–Kier alpha value is -2.25. The van der Waals surface area contributed by atoms with Crippen molar-refractivity contribution in [3.8, 4) is 0 Å². The van der Waals surface area contributed by atoms with Crippen molar-refractivity contribution in [2.75, 3.05) is 11.9 Å². The predicted octanol–water partition coefficient (Wildman–Crippen LogP) is 3.33. The van der Waals surface area contributed by atoms with E-state index in [0.29, 0.717) is 0 Å². The van der Waals surface area contributed by atoms with Crippen LogP contribution in [0.25, 0.3) is 0 Å². The molecule has 8 heteroatoms. The second-order valence-electron chi connectivity index (χ2n) is 5.51. The first-order valence-corrected chi connectivity index (χ1v) is 6.41. The number of hydrogen-bond donors (Lipinski definition) is 2. The second-order valence-corrected chi connectivity index (χ2v) is 5.51. The highest BCUT2D eigenvalue weighted by Gasteiger charge is 2.28. The first kappa shape index (κ1) is 17.8. The molecule has 0 spiro atoms. The molecule has 0 aliphatic carbocycles. The Balaban J connectivity index is 2.70. The number of ether oxygens (including phenoxy) is 1. The van der Waals surface area contributed by atoms with Crippen LogP contribution in [0, 0.1) is 0 Å². The molecule has 0 aliphatic heterocycles. The summed E-state index contributed by atoms with van der Waals surface area (Å²) in [6, 6.07) is 5.53. The predicted molar refractivity (Wildman–Crippen MR) is 74.7 cm³/mol. The van der Waals surface area contributed by atoms with E-state index in [1.165, 1.54) is 24.3 Å². The molecule has 0 aromatic heterocycles. The Morgan fingerprint density at radius 1 is 1.18 bits per heavy atom. The number of alkyl halides is 3. The van der Waals surface area contributed by atoms with E-state index >= 15 is 0 Å². The normalized spacial score (nSPS) is 11.7. The van der Waals surface area contributed by atoms with Crippen molar-refractivity contribution < 1.29 is 27.5 Å². The molecule has 0 heterocycles. The van der Waals surface area contributed by atoms with Crippen LogP contribution in [0.3, 0.4) is 0 Å². The largest absolute Gasteiger partial charge is 0.444 e. The van der Waals surface area contributed by atoms with Crippen LogP contribution in [0.1, 0.15) is 31.1 Å². The highest BCUT2D eigenvalue weighted by molar-refractivity contribution is 5.96. The second kappa shape index (κ2) is 6.67. The number of amides is 2. The Morgan fingerprint density at radius 2 is 1.82 bits per heavy atom. The van der Waals surface area contributed by atoms with Gasteiger partial charge in [-0.25, -0.2) is 4.79 Å². The molecule has 0 saturated heterocycles. The molecule has 1 rings (SSSR count). The molecule has 0 fully saturated rings. The summed E-state index contributed by atoms with van der Waals surface area (Å²) in [6.45, 7) is 3.64. The van der Waals surface area contributed by atoms with Gasteiger partial charge in [0.25, 0.3) is 5.91 Å². The lowest BCUT2D eigenvalue weighted by Gasteiger charge is -2.19. The molecule has 0 radical (unpaired) electrons. The minimum Gasteiger partial charge on any atom is -0.444 e. The van der Waals surface area contributed by atoms with E-state index in [0.717, 1.165) is 0 Å². The topological polar surface area (TPSA) is 67.4 Å². The van der Waals surface area contributed by atoms with Gasteiger partial charge >= 0.3 is 12.3 Å². The Kier molecular flexibility index (Phi) is 5.40. The van der Waals surface area contributed by atoms with Gasteiger partial charge in [-0.2, -0.15) is 13.2 Å². The summed E-state index contributed by atoms with van der Waals surface area (Å²) in [6.07, 6.45) is -5.21. The maximum Gasteiger partial charge on any atom is 0.412 e. The maximum absolute atomic E-state index is 12.1. The molecule has 0 aliphatic rings. The fraction of sp³-hybridized carbons (Fsp3) is 0.429. The number of rotatable bonds is 3. The van der Waals surface area contributed by atoms with Gasteiger partial charge in [0.15, 0.2) is 0 Å². The third-order valence-electron chi connectivity index (χ3n) is 2.22. The van der Waals surface area contributed by atoms with E-state index < -0.39 is 30.3 Å². The van der Waals surface area contributed by atoms with Crippen molar-refractivity contribution in [1.29, 1.82) is 0 Å². The third kappa shape index (κ3) is 6.96. The van der Waals surface area contributed by atoms with Crippen LogP contribution in [-0.2, 0) is 4.74 Å². The molecule has 1 aromatic rings. The Morgan fingerprint density at radius 3 is 2.36 bits per heavy atom. The molecule has 0 saturated carbocycles. The van der Waals surface area contributed by atoms with Gasteiger partial charge in [0.1, 0.15) is 12.1 Å². The number of anilines is 1. The van der Waals surface area contributed by atoms with Gasteiger partial charge in [0.2, 0.25) is 0 Å². The number of carbonyl (C=O) groups is 2. The SMILES string of the molecule is CC(C)(C)OC(=O)Nc1cccc(C(=O)NCC(F)(F)F)c1. The lowest BCUT2D eigenvalue weighted by Crippen LogP contribution is -2.33. The standard InChI is InChI=1S/C14H17F3N2O3/c1-13(2,3)22-12(21)19-10-6-4-5-9(7-10)11(20)18-8-14(15,16)17/h4-7H,8H2,1-3H3,(H,18,20)(H,19,21). The quantitative estimate of drug-likeness (QED) is 0.898. The van der Waals surface area contributed by atoms with Gasteiger partial charge in [-0.05, 0) is 39.0 Å². The number of halogens is 3. The summed E-state index contributed by atoms with van der Waals surface area (Å²) in [5, 5.41) is 4.15. The number of benzene rings is 1. The highest BCUT2D eigenvalue weighted by Crippen LogP contribution is 2.15. The molecule has 2 N–H and O–H groups in total. The van der Waals surface area contributed by atoms with Gasteiger partial charge in [-0.1, -0.05) is 6.07 Å². The molecule has 5 nitrogen and oxygen atoms in total. The molecule has 122 valence electrons. The van der Waals surface area contributed by atoms with Crippen LogP contribution in [0.5, 0.6) is 0 Å². The molecule has 0 bridgehead atoms. The Bertz CT molecular complexity index is 551. The van der Waals surface area contributed by atoms with Gasteiger partial charge in [-0.3, -0.25) is 10.1 Å². The fourth-order valence-electron chi connectivity index (χ4n) is 1.44. The zero-order valence-corrected chi connectivity index (χ0v) is 12.4. The number of hydrogen-bond acceptors (Lipinski definition) is 3. The molecule has 0 atom stereocenters. The van der Waals surface area contributed by atoms with Gasteiger partial charge in [0, 0.05) is 11.3 Å². The van der Waals surface area contributed by atoms with E-state index in [4.69, 9.17) is 4.74 Å². The smallest absolute Gasteiger partial charge is 0.412 e. The van der Waals surface area contributed by atoms with E-state index in [9.17, 15) is 22.8 Å².